The highest BCUT2D eigenvalue weighted by atomic mass is 16.6. The molecule has 7 nitrogen and oxygen atoms in total. The van der Waals surface area contributed by atoms with Crippen LogP contribution in [0.2, 0.25) is 0 Å². The van der Waals surface area contributed by atoms with Gasteiger partial charge >= 0.3 is 11.9 Å². The van der Waals surface area contributed by atoms with E-state index in [-0.39, 0.29) is 12.1 Å². The highest BCUT2D eigenvalue weighted by molar-refractivity contribution is 6.03. The first-order valence-corrected chi connectivity index (χ1v) is 8.61. The van der Waals surface area contributed by atoms with Crippen LogP contribution in [0.3, 0.4) is 0 Å². The fourth-order valence-electron chi connectivity index (χ4n) is 2.67. The van der Waals surface area contributed by atoms with Crippen molar-refractivity contribution < 1.29 is 19.1 Å². The Bertz CT molecular complexity index is 806. The first kappa shape index (κ1) is 17.4. The maximum atomic E-state index is 12.5. The van der Waals surface area contributed by atoms with Gasteiger partial charge in [-0.1, -0.05) is 0 Å². The number of fused-ring (bicyclic) bond motifs is 1. The van der Waals surface area contributed by atoms with Crippen molar-refractivity contribution in [3.8, 4) is 0 Å². The molecule has 1 aliphatic rings. The molecule has 0 bridgehead atoms. The Balaban J connectivity index is 1.89. The summed E-state index contributed by atoms with van der Waals surface area (Å²) in [6, 6.07) is 1.90. The number of carbonyl (C=O) groups is 2. The second-order valence-electron chi connectivity index (χ2n) is 6.90. The van der Waals surface area contributed by atoms with E-state index in [1.54, 1.807) is 30.8 Å². The van der Waals surface area contributed by atoms with Gasteiger partial charge in [-0.15, -0.1) is 0 Å². The van der Waals surface area contributed by atoms with Gasteiger partial charge in [0.2, 0.25) is 0 Å². The predicted molar refractivity (Wildman–Crippen MR) is 91.4 cm³/mol. The van der Waals surface area contributed by atoms with Gasteiger partial charge in [-0.25, -0.2) is 19.3 Å². The number of rotatable bonds is 6. The van der Waals surface area contributed by atoms with Crippen LogP contribution in [0.1, 0.15) is 68.5 Å². The molecule has 0 unspecified atom stereocenters. The molecule has 0 amide bonds. The van der Waals surface area contributed by atoms with Gasteiger partial charge in [0.1, 0.15) is 0 Å². The minimum atomic E-state index is -0.561. The Morgan fingerprint density at radius 3 is 2.60 bits per heavy atom. The molecule has 3 rings (SSSR count). The molecule has 2 aromatic heterocycles. The highest BCUT2D eigenvalue weighted by Gasteiger charge is 2.28. The monoisotopic (exact) mass is 345 g/mol. The lowest BCUT2D eigenvalue weighted by Gasteiger charge is -2.11. The lowest BCUT2D eigenvalue weighted by atomic mass is 10.1. The first-order valence-electron chi connectivity index (χ1n) is 8.61. The molecule has 1 fully saturated rings. The summed E-state index contributed by atoms with van der Waals surface area (Å²) in [6.45, 7) is 7.11. The van der Waals surface area contributed by atoms with E-state index in [0.717, 1.165) is 18.5 Å². The van der Waals surface area contributed by atoms with Crippen LogP contribution < -0.4 is 0 Å². The third-order valence-corrected chi connectivity index (χ3v) is 3.98. The van der Waals surface area contributed by atoms with E-state index < -0.39 is 18.5 Å². The van der Waals surface area contributed by atoms with E-state index in [4.69, 9.17) is 14.5 Å². The molecule has 0 aromatic carbocycles. The van der Waals surface area contributed by atoms with Gasteiger partial charge < -0.3 is 9.47 Å². The smallest absolute Gasteiger partial charge is 0.344 e. The normalized spacial score (nSPS) is 14.3. The van der Waals surface area contributed by atoms with Crippen molar-refractivity contribution in [2.45, 2.75) is 58.6 Å². The first-order chi connectivity index (χ1) is 11.9. The van der Waals surface area contributed by atoms with Crippen molar-refractivity contribution in [1.29, 1.82) is 0 Å². The molecule has 0 atom stereocenters. The minimum absolute atomic E-state index is 0.129. The topological polar surface area (TPSA) is 83.3 Å². The number of pyridine rings is 1. The van der Waals surface area contributed by atoms with Gasteiger partial charge in [-0.05, 0) is 46.6 Å². The number of aromatic nitrogens is 3. The van der Waals surface area contributed by atoms with E-state index in [0.29, 0.717) is 22.5 Å². The van der Waals surface area contributed by atoms with Crippen LogP contribution in [0.15, 0.2) is 12.3 Å². The van der Waals surface area contributed by atoms with Crippen LogP contribution in [0.4, 0.5) is 0 Å². The van der Waals surface area contributed by atoms with E-state index in [2.05, 4.69) is 5.10 Å². The minimum Gasteiger partial charge on any atom is -0.460 e. The quantitative estimate of drug-likeness (QED) is 0.749. The number of hydrogen-bond acceptors (Lipinski definition) is 6. The average Bonchev–Trinajstić information content (AvgIpc) is 3.30. The van der Waals surface area contributed by atoms with Gasteiger partial charge in [0.25, 0.3) is 0 Å². The largest absolute Gasteiger partial charge is 0.460 e. The molecule has 134 valence electrons. The third kappa shape index (κ3) is 3.81. The lowest BCUT2D eigenvalue weighted by molar-refractivity contribution is -0.150. The van der Waals surface area contributed by atoms with E-state index in [1.807, 2.05) is 13.8 Å². The van der Waals surface area contributed by atoms with Crippen LogP contribution in [0.5, 0.6) is 0 Å². The average molecular weight is 345 g/mol. The fourth-order valence-corrected chi connectivity index (χ4v) is 2.67. The van der Waals surface area contributed by atoms with Gasteiger partial charge in [0, 0.05) is 17.7 Å². The molecule has 0 spiro atoms. The third-order valence-electron chi connectivity index (χ3n) is 3.98. The maximum absolute atomic E-state index is 12.5. The maximum Gasteiger partial charge on any atom is 0.344 e. The van der Waals surface area contributed by atoms with E-state index in [9.17, 15) is 9.59 Å². The zero-order valence-electron chi connectivity index (χ0n) is 15.0. The number of esters is 2. The molecule has 7 heteroatoms. The second kappa shape index (κ2) is 6.82. The standard InChI is InChI=1S/C18H23N3O4/c1-10(2)21-17-14(8-19-21)13(7-15(20-17)12-5-6-12)18(23)24-9-16(22)25-11(3)4/h7-8,10-12H,5-6,9H2,1-4H3. The molecule has 0 radical (unpaired) electrons. The molecule has 0 aliphatic heterocycles. The summed E-state index contributed by atoms with van der Waals surface area (Å²) in [4.78, 5) is 28.8. The predicted octanol–water partition coefficient (Wildman–Crippen LogP) is 3.00. The zero-order chi connectivity index (χ0) is 18.1. The Hall–Kier alpha value is -2.44. The van der Waals surface area contributed by atoms with Crippen LogP contribution in [-0.2, 0) is 14.3 Å². The molecule has 1 aliphatic carbocycles. The van der Waals surface area contributed by atoms with Gasteiger partial charge in [-0.2, -0.15) is 5.10 Å². The molecule has 2 aromatic rings. The summed E-state index contributed by atoms with van der Waals surface area (Å²) in [7, 11) is 0. The summed E-state index contributed by atoms with van der Waals surface area (Å²) in [6.07, 6.45) is 3.53. The number of ether oxygens (including phenoxy) is 2. The van der Waals surface area contributed by atoms with E-state index >= 15 is 0 Å². The Morgan fingerprint density at radius 1 is 1.28 bits per heavy atom. The number of hydrogen-bond donors (Lipinski definition) is 0. The van der Waals surface area contributed by atoms with Crippen molar-refractivity contribution in [3.05, 3.63) is 23.5 Å². The molecule has 0 saturated heterocycles. The SMILES string of the molecule is CC(C)OC(=O)COC(=O)c1cc(C2CC2)nc2c1cnn2C(C)C. The van der Waals surface area contributed by atoms with Crippen molar-refractivity contribution in [1.82, 2.24) is 14.8 Å². The summed E-state index contributed by atoms with van der Waals surface area (Å²) in [5, 5.41) is 4.99. The molecule has 0 N–H and O–H groups in total. The van der Waals surface area contributed by atoms with Crippen LogP contribution in [-0.4, -0.2) is 39.4 Å². The molecule has 25 heavy (non-hydrogen) atoms. The van der Waals surface area contributed by atoms with Gasteiger partial charge in [0.05, 0.1) is 23.3 Å². The Labute approximate surface area is 146 Å². The number of carbonyl (C=O) groups excluding carboxylic acids is 2. The van der Waals surface area contributed by atoms with Crippen molar-refractivity contribution >= 4 is 23.0 Å². The van der Waals surface area contributed by atoms with E-state index in [1.165, 1.54) is 0 Å². The molecule has 2 heterocycles. The highest BCUT2D eigenvalue weighted by Crippen LogP contribution is 2.40. The van der Waals surface area contributed by atoms with Crippen LogP contribution in [0, 0.1) is 0 Å². The fraction of sp³-hybridized carbons (Fsp3) is 0.556. The second-order valence-corrected chi connectivity index (χ2v) is 6.90. The summed E-state index contributed by atoms with van der Waals surface area (Å²) >= 11 is 0. The molecular weight excluding hydrogens is 322 g/mol. The summed E-state index contributed by atoms with van der Waals surface area (Å²) in [5.74, 6) is -0.732. The Kier molecular flexibility index (Phi) is 4.74. The van der Waals surface area contributed by atoms with Crippen molar-refractivity contribution in [3.63, 3.8) is 0 Å². The number of nitrogens with zero attached hydrogens (tertiary/aromatic N) is 3. The van der Waals surface area contributed by atoms with Gasteiger partial charge in [0.15, 0.2) is 12.3 Å². The summed E-state index contributed by atoms with van der Waals surface area (Å²) < 4.78 is 11.9. The van der Waals surface area contributed by atoms with Gasteiger partial charge in [-0.3, -0.25) is 0 Å². The van der Waals surface area contributed by atoms with Crippen LogP contribution >= 0.6 is 0 Å². The zero-order valence-corrected chi connectivity index (χ0v) is 15.0. The van der Waals surface area contributed by atoms with Crippen LogP contribution in [0.25, 0.3) is 11.0 Å². The van der Waals surface area contributed by atoms with Crippen molar-refractivity contribution in [2.75, 3.05) is 6.61 Å². The van der Waals surface area contributed by atoms with Crippen molar-refractivity contribution in [2.24, 2.45) is 0 Å². The lowest BCUT2D eigenvalue weighted by Crippen LogP contribution is -2.20. The molecular formula is C18H23N3O4. The summed E-state index contributed by atoms with van der Waals surface area (Å²) in [5.41, 5.74) is 1.96. The molecule has 1 saturated carbocycles. The Morgan fingerprint density at radius 2 is 2.00 bits per heavy atom.